The van der Waals surface area contributed by atoms with Crippen molar-refractivity contribution in [3.63, 3.8) is 0 Å². The summed E-state index contributed by atoms with van der Waals surface area (Å²) in [7, 11) is 0. The van der Waals surface area contributed by atoms with E-state index in [1.165, 1.54) is 6.08 Å². The Morgan fingerprint density at radius 1 is 1.11 bits per heavy atom. The molecule has 4 rings (SSSR count). The number of allylic oxidation sites excluding steroid dienone is 1. The van der Waals surface area contributed by atoms with E-state index in [0.29, 0.717) is 34.8 Å². The van der Waals surface area contributed by atoms with Gasteiger partial charge in [0.2, 0.25) is 0 Å². The van der Waals surface area contributed by atoms with Crippen molar-refractivity contribution in [2.75, 3.05) is 65.7 Å². The van der Waals surface area contributed by atoms with Gasteiger partial charge < -0.3 is 23.5 Å². The molecule has 3 aromatic rings. The summed E-state index contributed by atoms with van der Waals surface area (Å²) in [5.74, 6) is 0.948. The molecule has 0 saturated carbocycles. The SMILES string of the molecule is CCN(CC)CCOc1ccc2oc(=O)sc2c1C(=O)/C=C/c1cccc(OCCN2CCOCC2)c1. The number of fused-ring (bicyclic) bond motifs is 1. The number of benzene rings is 2. The van der Waals surface area contributed by atoms with Gasteiger partial charge in [0.05, 0.1) is 23.5 Å². The number of carbonyl (C=O) groups is 1. The summed E-state index contributed by atoms with van der Waals surface area (Å²) in [5, 5.41) is 0. The van der Waals surface area contributed by atoms with E-state index in [0.717, 1.165) is 75.1 Å². The minimum Gasteiger partial charge on any atom is -0.492 e. The zero-order valence-corrected chi connectivity index (χ0v) is 22.3. The van der Waals surface area contributed by atoms with Crippen molar-refractivity contribution in [2.45, 2.75) is 13.8 Å². The molecule has 0 N–H and O–H groups in total. The molecule has 0 atom stereocenters. The maximum absolute atomic E-state index is 13.3. The Morgan fingerprint density at radius 3 is 2.70 bits per heavy atom. The van der Waals surface area contributed by atoms with Crippen LogP contribution >= 0.6 is 11.3 Å². The lowest BCUT2D eigenvalue weighted by molar-refractivity contribution is 0.0322. The Hall–Kier alpha value is -2.98. The first-order valence-electron chi connectivity index (χ1n) is 12.7. The fraction of sp³-hybridized carbons (Fsp3) is 0.429. The lowest BCUT2D eigenvalue weighted by atomic mass is 10.1. The van der Waals surface area contributed by atoms with Crippen LogP contribution in [0.1, 0.15) is 29.8 Å². The maximum Gasteiger partial charge on any atom is 0.396 e. The molecule has 2 heterocycles. The second-order valence-corrected chi connectivity index (χ2v) is 9.61. The normalized spacial score (nSPS) is 14.6. The Labute approximate surface area is 221 Å². The van der Waals surface area contributed by atoms with Crippen LogP contribution in [0.15, 0.2) is 51.7 Å². The van der Waals surface area contributed by atoms with E-state index in [1.54, 1.807) is 18.2 Å². The van der Waals surface area contributed by atoms with E-state index < -0.39 is 4.94 Å². The second kappa shape index (κ2) is 13.5. The third kappa shape index (κ3) is 7.52. The highest BCUT2D eigenvalue weighted by Gasteiger charge is 2.19. The van der Waals surface area contributed by atoms with Gasteiger partial charge in [-0.05, 0) is 49.0 Å². The smallest absolute Gasteiger partial charge is 0.396 e. The van der Waals surface area contributed by atoms with Gasteiger partial charge in [0.1, 0.15) is 24.7 Å². The van der Waals surface area contributed by atoms with Crippen molar-refractivity contribution in [1.82, 2.24) is 9.80 Å². The molecule has 37 heavy (non-hydrogen) atoms. The first-order chi connectivity index (χ1) is 18.1. The summed E-state index contributed by atoms with van der Waals surface area (Å²) in [5.41, 5.74) is 1.58. The van der Waals surface area contributed by atoms with Gasteiger partial charge in [-0.15, -0.1) is 0 Å². The van der Waals surface area contributed by atoms with Crippen LogP contribution in [0.25, 0.3) is 16.4 Å². The van der Waals surface area contributed by atoms with Crippen molar-refractivity contribution in [1.29, 1.82) is 0 Å². The molecule has 1 fully saturated rings. The molecule has 2 aromatic carbocycles. The molecule has 0 amide bonds. The fourth-order valence-electron chi connectivity index (χ4n) is 4.18. The van der Waals surface area contributed by atoms with Crippen molar-refractivity contribution in [2.24, 2.45) is 0 Å². The van der Waals surface area contributed by atoms with Crippen LogP contribution in [-0.2, 0) is 4.74 Å². The van der Waals surface area contributed by atoms with Gasteiger partial charge in [-0.25, -0.2) is 4.79 Å². The molecule has 0 spiro atoms. The molecule has 1 aliphatic rings. The lowest BCUT2D eigenvalue weighted by Crippen LogP contribution is -2.38. The summed E-state index contributed by atoms with van der Waals surface area (Å²) in [6.45, 7) is 12.0. The van der Waals surface area contributed by atoms with Crippen molar-refractivity contribution < 1.29 is 23.4 Å². The predicted octanol–water partition coefficient (Wildman–Crippen LogP) is 4.18. The summed E-state index contributed by atoms with van der Waals surface area (Å²) >= 11 is 0.916. The standard InChI is InChI=1S/C28H34N2O6S/c1-3-29(4-2)14-19-35-24-10-11-25-27(37-28(32)36-25)26(24)23(31)9-8-21-6-5-7-22(20-21)34-18-15-30-12-16-33-17-13-30/h5-11,20H,3-4,12-19H2,1-2H3/b9-8+. The van der Waals surface area contributed by atoms with Gasteiger partial charge >= 0.3 is 4.94 Å². The molecular weight excluding hydrogens is 492 g/mol. The first-order valence-corrected chi connectivity index (χ1v) is 13.6. The molecule has 1 saturated heterocycles. The lowest BCUT2D eigenvalue weighted by Gasteiger charge is -2.26. The minimum atomic E-state index is -0.449. The van der Waals surface area contributed by atoms with Gasteiger partial charge in [0.15, 0.2) is 11.4 Å². The number of hydrogen-bond acceptors (Lipinski definition) is 9. The number of likely N-dealkylation sites (N-methyl/N-ethyl adjacent to an activating group) is 1. The minimum absolute atomic E-state index is 0.251. The number of hydrogen-bond donors (Lipinski definition) is 0. The van der Waals surface area contributed by atoms with Crippen LogP contribution in [-0.4, -0.2) is 81.3 Å². The van der Waals surface area contributed by atoms with Crippen molar-refractivity contribution in [3.8, 4) is 11.5 Å². The highest BCUT2D eigenvalue weighted by atomic mass is 32.1. The van der Waals surface area contributed by atoms with E-state index >= 15 is 0 Å². The summed E-state index contributed by atoms with van der Waals surface area (Å²) in [4.78, 5) is 29.4. The molecule has 1 aliphatic heterocycles. The second-order valence-electron chi connectivity index (χ2n) is 8.67. The van der Waals surface area contributed by atoms with E-state index in [9.17, 15) is 9.59 Å². The Morgan fingerprint density at radius 2 is 1.92 bits per heavy atom. The number of rotatable bonds is 13. The summed E-state index contributed by atoms with van der Waals surface area (Å²) < 4.78 is 23.1. The zero-order valence-electron chi connectivity index (χ0n) is 21.4. The van der Waals surface area contributed by atoms with E-state index in [-0.39, 0.29) is 5.78 Å². The van der Waals surface area contributed by atoms with Crippen molar-refractivity contribution >= 4 is 33.5 Å². The molecule has 0 radical (unpaired) electrons. The van der Waals surface area contributed by atoms with Gasteiger partial charge in [0, 0.05) is 26.2 Å². The average molecular weight is 527 g/mol. The van der Waals surface area contributed by atoms with Gasteiger partial charge in [-0.1, -0.05) is 43.4 Å². The van der Waals surface area contributed by atoms with E-state index in [4.69, 9.17) is 18.6 Å². The van der Waals surface area contributed by atoms with Gasteiger partial charge in [-0.2, -0.15) is 0 Å². The zero-order chi connectivity index (χ0) is 26.0. The quantitative estimate of drug-likeness (QED) is 0.242. The van der Waals surface area contributed by atoms with E-state index in [1.807, 2.05) is 24.3 Å². The maximum atomic E-state index is 13.3. The topological polar surface area (TPSA) is 81.5 Å². The van der Waals surface area contributed by atoms with Gasteiger partial charge in [0.25, 0.3) is 0 Å². The first kappa shape index (κ1) is 27.1. The highest BCUT2D eigenvalue weighted by molar-refractivity contribution is 7.16. The predicted molar refractivity (Wildman–Crippen MR) is 146 cm³/mol. The molecule has 0 bridgehead atoms. The fourth-order valence-corrected chi connectivity index (χ4v) is 4.99. The van der Waals surface area contributed by atoms with Gasteiger partial charge in [-0.3, -0.25) is 9.69 Å². The van der Waals surface area contributed by atoms with E-state index in [2.05, 4.69) is 23.6 Å². The molecular formula is C28H34N2O6S. The van der Waals surface area contributed by atoms with Crippen LogP contribution < -0.4 is 14.4 Å². The summed E-state index contributed by atoms with van der Waals surface area (Å²) in [6, 6.07) is 11.0. The molecule has 1 aromatic heterocycles. The molecule has 8 nitrogen and oxygen atoms in total. The third-order valence-corrected chi connectivity index (χ3v) is 7.19. The van der Waals surface area contributed by atoms with Crippen LogP contribution in [0.5, 0.6) is 11.5 Å². The molecule has 0 aliphatic carbocycles. The van der Waals surface area contributed by atoms with Crippen LogP contribution in [0, 0.1) is 0 Å². The number of nitrogens with zero attached hydrogens (tertiary/aromatic N) is 2. The number of morpholine rings is 1. The molecule has 198 valence electrons. The number of ketones is 1. The van der Waals surface area contributed by atoms with Crippen LogP contribution in [0.4, 0.5) is 0 Å². The van der Waals surface area contributed by atoms with Crippen molar-refractivity contribution in [3.05, 3.63) is 63.3 Å². The highest BCUT2D eigenvalue weighted by Crippen LogP contribution is 2.31. The van der Waals surface area contributed by atoms with Crippen LogP contribution in [0.2, 0.25) is 0 Å². The molecule has 0 unspecified atom stereocenters. The summed E-state index contributed by atoms with van der Waals surface area (Å²) in [6.07, 6.45) is 3.25. The Bertz CT molecular complexity index is 1260. The Kier molecular flexibility index (Phi) is 9.90. The Balaban J connectivity index is 1.45. The third-order valence-electron chi connectivity index (χ3n) is 6.33. The number of ether oxygens (including phenoxy) is 3. The molecule has 9 heteroatoms. The monoisotopic (exact) mass is 526 g/mol. The average Bonchev–Trinajstić information content (AvgIpc) is 3.30. The number of carbonyl (C=O) groups excluding carboxylic acids is 1. The van der Waals surface area contributed by atoms with Crippen LogP contribution in [0.3, 0.4) is 0 Å². The largest absolute Gasteiger partial charge is 0.492 e.